The summed E-state index contributed by atoms with van der Waals surface area (Å²) in [5.74, 6) is 0.115. The van der Waals surface area contributed by atoms with Gasteiger partial charge < -0.3 is 9.73 Å². The van der Waals surface area contributed by atoms with Crippen LogP contribution < -0.4 is 10.0 Å². The first-order valence-corrected chi connectivity index (χ1v) is 12.4. The molecule has 0 bridgehead atoms. The van der Waals surface area contributed by atoms with Crippen molar-refractivity contribution in [2.24, 2.45) is 0 Å². The van der Waals surface area contributed by atoms with Crippen molar-refractivity contribution < 1.29 is 17.6 Å². The average molecular weight is 462 g/mol. The minimum Gasteiger partial charge on any atom is -0.436 e. The van der Waals surface area contributed by atoms with Crippen LogP contribution in [0.15, 0.2) is 82.1 Å². The van der Waals surface area contributed by atoms with Crippen LogP contribution in [0.2, 0.25) is 0 Å². The third kappa shape index (κ3) is 4.67. The molecule has 1 fully saturated rings. The Balaban J connectivity index is 1.30. The molecule has 8 heteroatoms. The van der Waals surface area contributed by atoms with Crippen LogP contribution in [0.3, 0.4) is 0 Å². The highest BCUT2D eigenvalue weighted by atomic mass is 32.2. The molecule has 1 aliphatic carbocycles. The minimum absolute atomic E-state index is 0.0350. The Bertz CT molecular complexity index is 1370. The van der Waals surface area contributed by atoms with Crippen LogP contribution in [-0.4, -0.2) is 25.4 Å². The summed E-state index contributed by atoms with van der Waals surface area (Å²) in [6.07, 6.45) is 3.75. The Morgan fingerprint density at radius 3 is 2.45 bits per heavy atom. The Morgan fingerprint density at radius 2 is 1.70 bits per heavy atom. The largest absolute Gasteiger partial charge is 0.436 e. The standard InChI is InChI=1S/C25H23N3O4S/c29-24(18-6-5-9-21(16-18)33(30,31)28-20-7-1-2-8-20)26-19-14-12-17(13-15-19)25-27-22-10-3-4-11-23(22)32-25/h3-6,9-16,20,28H,1-2,7-8H2,(H,26,29). The van der Waals surface area contributed by atoms with Crippen molar-refractivity contribution in [1.82, 2.24) is 9.71 Å². The van der Waals surface area contributed by atoms with Gasteiger partial charge in [0.05, 0.1) is 4.90 Å². The van der Waals surface area contributed by atoms with Crippen molar-refractivity contribution in [2.45, 2.75) is 36.6 Å². The molecule has 168 valence electrons. The summed E-state index contributed by atoms with van der Waals surface area (Å²) in [6.45, 7) is 0. The third-order valence-electron chi connectivity index (χ3n) is 5.77. The predicted octanol–water partition coefficient (Wildman–Crippen LogP) is 4.97. The number of hydrogen-bond donors (Lipinski definition) is 2. The molecular formula is C25H23N3O4S. The third-order valence-corrected chi connectivity index (χ3v) is 7.29. The molecule has 0 spiro atoms. The zero-order chi connectivity index (χ0) is 22.8. The van der Waals surface area contributed by atoms with E-state index < -0.39 is 10.0 Å². The van der Waals surface area contributed by atoms with Crippen LogP contribution in [0.1, 0.15) is 36.0 Å². The maximum absolute atomic E-state index is 12.8. The minimum atomic E-state index is -3.67. The smallest absolute Gasteiger partial charge is 0.255 e. The molecule has 1 amide bonds. The number of anilines is 1. The number of rotatable bonds is 6. The molecule has 2 N–H and O–H groups in total. The van der Waals surface area contributed by atoms with Gasteiger partial charge in [-0.05, 0) is 67.4 Å². The molecule has 7 nitrogen and oxygen atoms in total. The van der Waals surface area contributed by atoms with Crippen LogP contribution in [-0.2, 0) is 10.0 Å². The SMILES string of the molecule is O=C(Nc1ccc(-c2nc3ccccc3o2)cc1)c1cccc(S(=O)(=O)NC2CCCC2)c1. The lowest BCUT2D eigenvalue weighted by molar-refractivity contribution is 0.102. The molecule has 0 unspecified atom stereocenters. The number of fused-ring (bicyclic) bond motifs is 1. The molecule has 5 rings (SSSR count). The first-order chi connectivity index (χ1) is 16.0. The lowest BCUT2D eigenvalue weighted by Gasteiger charge is -2.13. The number of benzene rings is 3. The average Bonchev–Trinajstić information content (AvgIpc) is 3.49. The van der Waals surface area contributed by atoms with Crippen molar-refractivity contribution in [2.75, 3.05) is 5.32 Å². The highest BCUT2D eigenvalue weighted by Crippen LogP contribution is 2.26. The summed E-state index contributed by atoms with van der Waals surface area (Å²) in [5.41, 5.74) is 3.13. The van der Waals surface area contributed by atoms with Gasteiger partial charge in [-0.3, -0.25) is 4.79 Å². The molecule has 1 aromatic heterocycles. The van der Waals surface area contributed by atoms with Crippen LogP contribution in [0.25, 0.3) is 22.6 Å². The Kier molecular flexibility index (Phi) is 5.70. The number of carbonyl (C=O) groups is 1. The molecule has 33 heavy (non-hydrogen) atoms. The molecule has 4 aromatic rings. The molecular weight excluding hydrogens is 438 g/mol. The van der Waals surface area contributed by atoms with Crippen molar-refractivity contribution >= 4 is 32.7 Å². The summed E-state index contributed by atoms with van der Waals surface area (Å²) in [5, 5.41) is 2.81. The monoisotopic (exact) mass is 461 g/mol. The summed E-state index contributed by atoms with van der Waals surface area (Å²) < 4.78 is 33.9. The summed E-state index contributed by atoms with van der Waals surface area (Å²) in [6, 6.07) is 20.7. The number of carbonyl (C=O) groups excluding carboxylic acids is 1. The topological polar surface area (TPSA) is 101 Å². The van der Waals surface area contributed by atoms with Gasteiger partial charge in [-0.15, -0.1) is 0 Å². The van der Waals surface area contributed by atoms with Crippen LogP contribution in [0, 0.1) is 0 Å². The summed E-state index contributed by atoms with van der Waals surface area (Å²) in [4.78, 5) is 17.3. The fourth-order valence-corrected chi connectivity index (χ4v) is 5.38. The lowest BCUT2D eigenvalue weighted by atomic mass is 10.2. The van der Waals surface area contributed by atoms with Gasteiger partial charge in [-0.1, -0.05) is 31.0 Å². The van der Waals surface area contributed by atoms with Gasteiger partial charge in [0.25, 0.3) is 5.91 Å². The van der Waals surface area contributed by atoms with Crippen molar-refractivity contribution in [3.8, 4) is 11.5 Å². The molecule has 0 radical (unpaired) electrons. The number of oxazole rings is 1. The van der Waals surface area contributed by atoms with E-state index in [1.165, 1.54) is 12.1 Å². The zero-order valence-corrected chi connectivity index (χ0v) is 18.6. The number of amides is 1. The predicted molar refractivity (Wildman–Crippen MR) is 126 cm³/mol. The maximum Gasteiger partial charge on any atom is 0.255 e. The zero-order valence-electron chi connectivity index (χ0n) is 17.8. The van der Waals surface area contributed by atoms with Crippen LogP contribution in [0.5, 0.6) is 0 Å². The number of nitrogens with zero attached hydrogens (tertiary/aromatic N) is 1. The lowest BCUT2D eigenvalue weighted by Crippen LogP contribution is -2.32. The van der Waals surface area contributed by atoms with E-state index in [9.17, 15) is 13.2 Å². The van der Waals surface area contributed by atoms with E-state index in [4.69, 9.17) is 4.42 Å². The fraction of sp³-hybridized carbons (Fsp3) is 0.200. The van der Waals surface area contributed by atoms with E-state index in [1.54, 1.807) is 24.3 Å². The van der Waals surface area contributed by atoms with Crippen molar-refractivity contribution in [3.05, 3.63) is 78.4 Å². The van der Waals surface area contributed by atoms with E-state index in [-0.39, 0.29) is 22.4 Å². The molecule has 0 aliphatic heterocycles. The van der Waals surface area contributed by atoms with E-state index in [1.807, 2.05) is 36.4 Å². The van der Waals surface area contributed by atoms with Gasteiger partial charge in [-0.2, -0.15) is 0 Å². The van der Waals surface area contributed by atoms with E-state index in [0.29, 0.717) is 17.2 Å². The highest BCUT2D eigenvalue weighted by molar-refractivity contribution is 7.89. The highest BCUT2D eigenvalue weighted by Gasteiger charge is 2.23. The second-order valence-corrected chi connectivity index (χ2v) is 9.86. The number of para-hydroxylation sites is 2. The maximum atomic E-state index is 12.8. The molecule has 1 saturated carbocycles. The Labute approximate surface area is 191 Å². The van der Waals surface area contributed by atoms with Gasteiger partial charge in [0.15, 0.2) is 5.58 Å². The molecule has 0 saturated heterocycles. The number of nitrogens with one attached hydrogen (secondary N) is 2. The van der Waals surface area contributed by atoms with E-state index in [2.05, 4.69) is 15.0 Å². The Morgan fingerprint density at radius 1 is 0.939 bits per heavy atom. The number of sulfonamides is 1. The molecule has 1 heterocycles. The van der Waals surface area contributed by atoms with Crippen LogP contribution >= 0.6 is 0 Å². The summed E-state index contributed by atoms with van der Waals surface area (Å²) >= 11 is 0. The quantitative estimate of drug-likeness (QED) is 0.422. The summed E-state index contributed by atoms with van der Waals surface area (Å²) in [7, 11) is -3.67. The number of aromatic nitrogens is 1. The van der Waals surface area contributed by atoms with Gasteiger partial charge in [0.2, 0.25) is 15.9 Å². The Hall–Kier alpha value is -3.49. The molecule has 3 aromatic carbocycles. The second kappa shape index (κ2) is 8.80. The van der Waals surface area contributed by atoms with Gasteiger partial charge in [0, 0.05) is 22.9 Å². The first-order valence-electron chi connectivity index (χ1n) is 10.9. The fourth-order valence-electron chi connectivity index (χ4n) is 4.03. The normalized spacial score (nSPS) is 14.5. The van der Waals surface area contributed by atoms with Crippen molar-refractivity contribution in [1.29, 1.82) is 0 Å². The first kappa shape index (κ1) is 21.4. The van der Waals surface area contributed by atoms with E-state index >= 15 is 0 Å². The van der Waals surface area contributed by atoms with E-state index in [0.717, 1.165) is 36.8 Å². The van der Waals surface area contributed by atoms with Gasteiger partial charge in [-0.25, -0.2) is 18.1 Å². The second-order valence-electron chi connectivity index (χ2n) is 8.15. The molecule has 0 atom stereocenters. The molecule has 1 aliphatic rings. The van der Waals surface area contributed by atoms with Gasteiger partial charge >= 0.3 is 0 Å². The van der Waals surface area contributed by atoms with Crippen LogP contribution in [0.4, 0.5) is 5.69 Å². The van der Waals surface area contributed by atoms with Crippen molar-refractivity contribution in [3.63, 3.8) is 0 Å². The van der Waals surface area contributed by atoms with Gasteiger partial charge in [0.1, 0.15) is 5.52 Å². The number of hydrogen-bond acceptors (Lipinski definition) is 5.